The molecule has 1 aromatic heterocycles. The maximum atomic E-state index is 5.52. The van der Waals surface area contributed by atoms with Crippen LogP contribution < -0.4 is 15.0 Å². The van der Waals surface area contributed by atoms with Crippen molar-refractivity contribution in [2.24, 2.45) is 0 Å². The number of anilines is 2. The number of nitrogens with zero attached hydrogens (tertiary/aromatic N) is 4. The summed E-state index contributed by atoms with van der Waals surface area (Å²) in [6.07, 6.45) is 3.93. The van der Waals surface area contributed by atoms with Crippen molar-refractivity contribution in [3.63, 3.8) is 0 Å². The van der Waals surface area contributed by atoms with Crippen molar-refractivity contribution in [3.8, 4) is 5.75 Å². The summed E-state index contributed by atoms with van der Waals surface area (Å²) in [5.74, 6) is 2.74. The molecule has 1 unspecified atom stereocenters. The zero-order chi connectivity index (χ0) is 18.5. The summed E-state index contributed by atoms with van der Waals surface area (Å²) in [7, 11) is 5.70. The lowest BCUT2D eigenvalue weighted by atomic mass is 10.0. The Morgan fingerprint density at radius 1 is 1.31 bits per heavy atom. The van der Waals surface area contributed by atoms with Gasteiger partial charge in [0.15, 0.2) is 0 Å². The second-order valence-corrected chi connectivity index (χ2v) is 7.75. The van der Waals surface area contributed by atoms with E-state index >= 15 is 0 Å². The maximum absolute atomic E-state index is 5.52. The van der Waals surface area contributed by atoms with Crippen LogP contribution in [0.3, 0.4) is 0 Å². The van der Waals surface area contributed by atoms with E-state index in [0.717, 1.165) is 47.9 Å². The molecule has 1 atom stereocenters. The Labute approximate surface area is 163 Å². The summed E-state index contributed by atoms with van der Waals surface area (Å²) < 4.78 is 6.60. The molecule has 0 amide bonds. The largest absolute Gasteiger partial charge is 0.496 e. The molecule has 2 aromatic rings. The molecule has 0 bridgehead atoms. The molecule has 7 heteroatoms. The van der Waals surface area contributed by atoms with Crippen molar-refractivity contribution < 1.29 is 4.74 Å². The summed E-state index contributed by atoms with van der Waals surface area (Å²) in [4.78, 5) is 13.1. The van der Waals surface area contributed by atoms with Crippen LogP contribution in [0.15, 0.2) is 35.1 Å². The Morgan fingerprint density at radius 2 is 2.15 bits per heavy atom. The van der Waals surface area contributed by atoms with Gasteiger partial charge in [0, 0.05) is 49.3 Å². The third-order valence-electron chi connectivity index (χ3n) is 4.60. The van der Waals surface area contributed by atoms with Gasteiger partial charge in [0.1, 0.15) is 23.7 Å². The minimum absolute atomic E-state index is 0.381. The van der Waals surface area contributed by atoms with Crippen molar-refractivity contribution in [1.82, 2.24) is 14.9 Å². The van der Waals surface area contributed by atoms with Gasteiger partial charge in [0.25, 0.3) is 0 Å². The van der Waals surface area contributed by atoms with Gasteiger partial charge >= 0.3 is 0 Å². The Balaban J connectivity index is 1.64. The highest BCUT2D eigenvalue weighted by atomic mass is 79.9. The average Bonchev–Trinajstić information content (AvgIpc) is 2.62. The molecule has 1 fully saturated rings. The molecule has 6 nitrogen and oxygen atoms in total. The first-order valence-corrected chi connectivity index (χ1v) is 9.65. The predicted molar refractivity (Wildman–Crippen MR) is 109 cm³/mol. The van der Waals surface area contributed by atoms with Gasteiger partial charge in [-0.1, -0.05) is 15.9 Å². The van der Waals surface area contributed by atoms with E-state index in [9.17, 15) is 0 Å². The lowest BCUT2D eigenvalue weighted by Crippen LogP contribution is -2.41. The Kier molecular flexibility index (Phi) is 6.32. The minimum atomic E-state index is 0.381. The highest BCUT2D eigenvalue weighted by Gasteiger charge is 2.21. The SMILES string of the molecule is COc1ccc(Br)cc1CN1CCCC(Nc2cc(N(C)C)ncn2)C1. The summed E-state index contributed by atoms with van der Waals surface area (Å²) in [6, 6.07) is 8.55. The summed E-state index contributed by atoms with van der Waals surface area (Å²) in [5.41, 5.74) is 1.21. The average molecular weight is 420 g/mol. The van der Waals surface area contributed by atoms with Crippen LogP contribution in [0.25, 0.3) is 0 Å². The molecule has 1 saturated heterocycles. The Bertz CT molecular complexity index is 740. The van der Waals surface area contributed by atoms with Crippen molar-refractivity contribution >= 4 is 27.6 Å². The Hall–Kier alpha value is -1.86. The van der Waals surface area contributed by atoms with E-state index in [1.54, 1.807) is 13.4 Å². The second kappa shape index (κ2) is 8.68. The van der Waals surface area contributed by atoms with E-state index < -0.39 is 0 Å². The first kappa shape index (κ1) is 18.9. The molecule has 140 valence electrons. The van der Waals surface area contributed by atoms with Crippen LogP contribution in [0.4, 0.5) is 11.6 Å². The molecule has 1 aromatic carbocycles. The number of benzene rings is 1. The highest BCUT2D eigenvalue weighted by molar-refractivity contribution is 9.10. The fraction of sp³-hybridized carbons (Fsp3) is 0.474. The van der Waals surface area contributed by atoms with Gasteiger partial charge in [0.2, 0.25) is 0 Å². The molecule has 0 radical (unpaired) electrons. The standard InChI is InChI=1S/C19H26BrN5O/c1-24(2)19-10-18(21-13-22-19)23-16-5-4-8-25(12-16)11-14-9-15(20)6-7-17(14)26-3/h6-7,9-10,13,16H,4-5,8,11-12H2,1-3H3,(H,21,22,23). The summed E-state index contributed by atoms with van der Waals surface area (Å²) in [5, 5.41) is 3.57. The maximum Gasteiger partial charge on any atom is 0.133 e. The van der Waals surface area contributed by atoms with Gasteiger partial charge in [-0.3, -0.25) is 4.90 Å². The number of likely N-dealkylation sites (tertiary alicyclic amines) is 1. The van der Waals surface area contributed by atoms with Gasteiger partial charge in [-0.2, -0.15) is 0 Å². The fourth-order valence-electron chi connectivity index (χ4n) is 3.31. The van der Waals surface area contributed by atoms with Gasteiger partial charge in [-0.05, 0) is 37.6 Å². The number of piperidine rings is 1. The molecule has 1 aliphatic rings. The molecule has 0 aliphatic carbocycles. The number of nitrogens with one attached hydrogen (secondary N) is 1. The number of rotatable bonds is 6. The number of halogens is 1. The highest BCUT2D eigenvalue weighted by Crippen LogP contribution is 2.26. The molecule has 26 heavy (non-hydrogen) atoms. The van der Waals surface area contributed by atoms with Crippen LogP contribution in [0.2, 0.25) is 0 Å². The first-order valence-electron chi connectivity index (χ1n) is 8.86. The van der Waals surface area contributed by atoms with E-state index in [1.165, 1.54) is 12.0 Å². The molecule has 1 aliphatic heterocycles. The van der Waals surface area contributed by atoms with Crippen LogP contribution in [-0.2, 0) is 6.54 Å². The summed E-state index contributed by atoms with van der Waals surface area (Å²) >= 11 is 3.56. The molecule has 0 saturated carbocycles. The molecular formula is C19H26BrN5O. The lowest BCUT2D eigenvalue weighted by Gasteiger charge is -2.33. The van der Waals surface area contributed by atoms with E-state index in [-0.39, 0.29) is 0 Å². The zero-order valence-corrected chi connectivity index (χ0v) is 17.2. The third-order valence-corrected chi connectivity index (χ3v) is 5.10. The first-order chi connectivity index (χ1) is 12.5. The van der Waals surface area contributed by atoms with Gasteiger partial charge < -0.3 is 15.0 Å². The van der Waals surface area contributed by atoms with Gasteiger partial charge in [-0.15, -0.1) is 0 Å². The second-order valence-electron chi connectivity index (χ2n) is 6.83. The van der Waals surface area contributed by atoms with E-state index in [2.05, 4.69) is 42.2 Å². The monoisotopic (exact) mass is 419 g/mol. The third kappa shape index (κ3) is 4.86. The number of aromatic nitrogens is 2. The molecule has 1 N–H and O–H groups in total. The minimum Gasteiger partial charge on any atom is -0.496 e. The number of ether oxygens (including phenoxy) is 1. The van der Waals surface area contributed by atoms with Crippen molar-refractivity contribution in [2.45, 2.75) is 25.4 Å². The van der Waals surface area contributed by atoms with Crippen LogP contribution >= 0.6 is 15.9 Å². The van der Waals surface area contributed by atoms with Gasteiger partial charge in [-0.25, -0.2) is 9.97 Å². The number of methoxy groups -OCH3 is 1. The normalized spacial score (nSPS) is 17.8. The summed E-state index contributed by atoms with van der Waals surface area (Å²) in [6.45, 7) is 2.96. The van der Waals surface area contributed by atoms with Gasteiger partial charge in [0.05, 0.1) is 7.11 Å². The van der Waals surface area contributed by atoms with Crippen LogP contribution in [0.5, 0.6) is 5.75 Å². The van der Waals surface area contributed by atoms with Crippen molar-refractivity contribution in [3.05, 3.63) is 40.6 Å². The van der Waals surface area contributed by atoms with E-state index in [1.807, 2.05) is 37.2 Å². The number of hydrogen-bond donors (Lipinski definition) is 1. The van der Waals surface area contributed by atoms with Crippen molar-refractivity contribution in [2.75, 3.05) is 44.5 Å². The number of hydrogen-bond acceptors (Lipinski definition) is 6. The quantitative estimate of drug-likeness (QED) is 0.774. The smallest absolute Gasteiger partial charge is 0.133 e. The predicted octanol–water partition coefficient (Wildman–Crippen LogP) is 3.39. The van der Waals surface area contributed by atoms with Crippen molar-refractivity contribution in [1.29, 1.82) is 0 Å². The van der Waals surface area contributed by atoms with E-state index in [4.69, 9.17) is 4.74 Å². The van der Waals surface area contributed by atoms with E-state index in [0.29, 0.717) is 6.04 Å². The molecule has 3 rings (SSSR count). The molecule has 0 spiro atoms. The molecular weight excluding hydrogens is 394 g/mol. The topological polar surface area (TPSA) is 53.5 Å². The molecule has 2 heterocycles. The fourth-order valence-corrected chi connectivity index (χ4v) is 3.72. The van der Waals surface area contributed by atoms with Crippen LogP contribution in [-0.4, -0.2) is 55.2 Å². The Morgan fingerprint density at radius 3 is 2.92 bits per heavy atom. The lowest BCUT2D eigenvalue weighted by molar-refractivity contribution is 0.206. The van der Waals surface area contributed by atoms with Crippen LogP contribution in [0, 0.1) is 0 Å². The zero-order valence-electron chi connectivity index (χ0n) is 15.6. The van der Waals surface area contributed by atoms with Crippen LogP contribution in [0.1, 0.15) is 18.4 Å².